The fourth-order valence-electron chi connectivity index (χ4n) is 6.48. The Bertz CT molecular complexity index is 894. The average molecular weight is 589 g/mol. The molecule has 0 spiro atoms. The van der Waals surface area contributed by atoms with Crippen molar-refractivity contribution in [2.24, 2.45) is 0 Å². The van der Waals surface area contributed by atoms with E-state index in [4.69, 9.17) is 14.2 Å². The molecule has 2 fully saturated rings. The average Bonchev–Trinajstić information content (AvgIpc) is 3.72. The second-order valence-electron chi connectivity index (χ2n) is 12.7. The second kappa shape index (κ2) is 19.4. The maximum atomic E-state index is 12.7. The zero-order valence-corrected chi connectivity index (χ0v) is 26.4. The molecule has 3 aliphatic heterocycles. The summed E-state index contributed by atoms with van der Waals surface area (Å²) in [4.78, 5) is 49.1. The van der Waals surface area contributed by atoms with Crippen molar-refractivity contribution in [3.05, 3.63) is 11.6 Å². The van der Waals surface area contributed by atoms with E-state index in [1.807, 2.05) is 13.0 Å². The maximum Gasteiger partial charge on any atom is 0.334 e. The zero-order chi connectivity index (χ0) is 30.2. The third-order valence-corrected chi connectivity index (χ3v) is 9.04. The summed E-state index contributed by atoms with van der Waals surface area (Å²) in [6.45, 7) is 4.09. The van der Waals surface area contributed by atoms with Crippen LogP contribution in [-0.4, -0.2) is 53.8 Å². The van der Waals surface area contributed by atoms with Crippen molar-refractivity contribution in [3.63, 3.8) is 0 Å². The lowest BCUT2D eigenvalue weighted by molar-refractivity contribution is -0.139. The molecule has 0 aliphatic carbocycles. The number of unbranched alkanes of at least 4 members (excludes halogenated alkanes) is 10. The minimum atomic E-state index is -0.369. The van der Waals surface area contributed by atoms with Crippen LogP contribution in [-0.2, 0) is 33.4 Å². The van der Waals surface area contributed by atoms with Gasteiger partial charge in [-0.05, 0) is 77.2 Å². The highest BCUT2D eigenvalue weighted by atomic mass is 16.6. The number of Topliss-reactive ketones (excluding diaryl/α,β-unsaturated/α-hetero) is 3. The van der Waals surface area contributed by atoms with Gasteiger partial charge in [-0.15, -0.1) is 0 Å². The van der Waals surface area contributed by atoms with Crippen LogP contribution in [0.25, 0.3) is 0 Å². The molecule has 0 aromatic rings. The summed E-state index contributed by atoms with van der Waals surface area (Å²) in [5, 5.41) is 0. The first-order valence-electron chi connectivity index (χ1n) is 17.2. The summed E-state index contributed by atoms with van der Waals surface area (Å²) < 4.78 is 17.3. The van der Waals surface area contributed by atoms with E-state index in [-0.39, 0.29) is 53.8 Å². The molecule has 0 aromatic carbocycles. The first kappa shape index (κ1) is 34.6. The third kappa shape index (κ3) is 12.4. The van der Waals surface area contributed by atoms with Crippen LogP contribution >= 0.6 is 0 Å². The van der Waals surface area contributed by atoms with Crippen LogP contribution < -0.4 is 0 Å². The lowest BCUT2D eigenvalue weighted by Crippen LogP contribution is -2.30. The van der Waals surface area contributed by atoms with Gasteiger partial charge in [-0.25, -0.2) is 4.79 Å². The number of ketones is 3. The Morgan fingerprint density at radius 2 is 1.14 bits per heavy atom. The van der Waals surface area contributed by atoms with Crippen molar-refractivity contribution in [1.29, 1.82) is 0 Å². The Balaban J connectivity index is 1.16. The largest absolute Gasteiger partial charge is 0.455 e. The molecule has 3 heterocycles. The minimum absolute atomic E-state index is 0.0776. The van der Waals surface area contributed by atoms with Gasteiger partial charge >= 0.3 is 5.97 Å². The molecule has 0 unspecified atom stereocenters. The summed E-state index contributed by atoms with van der Waals surface area (Å²) in [6.07, 6.45) is 20.7. The van der Waals surface area contributed by atoms with Crippen LogP contribution in [0, 0.1) is 0 Å². The highest BCUT2D eigenvalue weighted by Gasteiger charge is 2.40. The van der Waals surface area contributed by atoms with E-state index in [0.717, 1.165) is 95.5 Å². The SMILES string of the molecule is CCCCCCCCC(=O)[C@H]1CC[C@H]([C@H]2CC[C@H](C(=O)CCCCC(=O)CCCCCCCC3=C[C@H](C)OC3=O)O2)O1. The van der Waals surface area contributed by atoms with Gasteiger partial charge in [-0.1, -0.05) is 58.3 Å². The number of hydrogen-bond acceptors (Lipinski definition) is 7. The van der Waals surface area contributed by atoms with Crippen molar-refractivity contribution >= 4 is 23.3 Å². The molecule has 0 amide bonds. The first-order valence-corrected chi connectivity index (χ1v) is 17.2. The molecule has 7 nitrogen and oxygen atoms in total. The number of hydrogen-bond donors (Lipinski definition) is 0. The summed E-state index contributed by atoms with van der Waals surface area (Å²) in [5.41, 5.74) is 0.804. The van der Waals surface area contributed by atoms with E-state index >= 15 is 0 Å². The molecular weight excluding hydrogens is 532 g/mol. The van der Waals surface area contributed by atoms with Crippen molar-refractivity contribution in [2.75, 3.05) is 0 Å². The summed E-state index contributed by atoms with van der Waals surface area (Å²) in [5.74, 6) is 0.473. The lowest BCUT2D eigenvalue weighted by Gasteiger charge is -2.20. The van der Waals surface area contributed by atoms with E-state index in [9.17, 15) is 19.2 Å². The van der Waals surface area contributed by atoms with Gasteiger partial charge < -0.3 is 14.2 Å². The highest BCUT2D eigenvalue weighted by molar-refractivity contribution is 5.90. The topological polar surface area (TPSA) is 96.0 Å². The minimum Gasteiger partial charge on any atom is -0.455 e. The third-order valence-electron chi connectivity index (χ3n) is 9.04. The van der Waals surface area contributed by atoms with Gasteiger partial charge in [0.2, 0.25) is 0 Å². The Morgan fingerprint density at radius 3 is 1.69 bits per heavy atom. The molecule has 0 N–H and O–H groups in total. The van der Waals surface area contributed by atoms with Gasteiger partial charge in [0.05, 0.1) is 12.2 Å². The molecule has 0 aromatic heterocycles. The number of ether oxygens (including phenoxy) is 3. The van der Waals surface area contributed by atoms with Crippen LogP contribution in [0.5, 0.6) is 0 Å². The fraction of sp³-hybridized carbons (Fsp3) is 0.829. The van der Waals surface area contributed by atoms with Crippen LogP contribution in [0.15, 0.2) is 11.6 Å². The van der Waals surface area contributed by atoms with Crippen molar-refractivity contribution in [3.8, 4) is 0 Å². The quantitative estimate of drug-likeness (QED) is 0.0891. The van der Waals surface area contributed by atoms with Crippen LogP contribution in [0.2, 0.25) is 0 Å². The van der Waals surface area contributed by atoms with E-state index in [1.54, 1.807) is 0 Å². The molecule has 3 rings (SSSR count). The molecule has 0 bridgehead atoms. The zero-order valence-electron chi connectivity index (χ0n) is 26.4. The van der Waals surface area contributed by atoms with E-state index < -0.39 is 0 Å². The Kier molecular flexibility index (Phi) is 16.0. The molecule has 238 valence electrons. The van der Waals surface area contributed by atoms with E-state index in [1.165, 1.54) is 25.7 Å². The first-order chi connectivity index (χ1) is 20.4. The van der Waals surface area contributed by atoms with E-state index in [2.05, 4.69) is 6.92 Å². The van der Waals surface area contributed by atoms with Gasteiger partial charge in [0.1, 0.15) is 24.1 Å². The molecule has 0 saturated carbocycles. The molecule has 0 radical (unpaired) electrons. The highest BCUT2D eigenvalue weighted by Crippen LogP contribution is 2.33. The van der Waals surface area contributed by atoms with Gasteiger partial charge in [0, 0.05) is 31.3 Å². The van der Waals surface area contributed by atoms with Crippen LogP contribution in [0.4, 0.5) is 0 Å². The smallest absolute Gasteiger partial charge is 0.334 e. The molecular formula is C35H56O7. The number of esters is 1. The molecule has 5 atom stereocenters. The summed E-state index contributed by atoms with van der Waals surface area (Å²) in [6, 6.07) is 0. The number of carbonyl (C=O) groups is 4. The number of rotatable bonds is 23. The fourth-order valence-corrected chi connectivity index (χ4v) is 6.48. The monoisotopic (exact) mass is 588 g/mol. The Morgan fingerprint density at radius 1 is 0.667 bits per heavy atom. The second-order valence-corrected chi connectivity index (χ2v) is 12.7. The Hall–Kier alpha value is -1.86. The van der Waals surface area contributed by atoms with Crippen molar-refractivity contribution in [2.45, 2.75) is 186 Å². The maximum absolute atomic E-state index is 12.7. The number of carbonyl (C=O) groups excluding carboxylic acids is 4. The standard InChI is InChI=1S/C35H56O7/c1-3-4-5-6-10-13-19-29(37)31-21-23-33(41-31)34-24-22-32(42-34)30(38)20-15-14-18-28(36)17-12-9-7-8-11-16-27-25-26(2)40-35(27)39/h25-26,31-34H,3-24H2,1-2H3/t26-,31+,32+,33+,34+/m0/s1. The van der Waals surface area contributed by atoms with Crippen molar-refractivity contribution in [1.82, 2.24) is 0 Å². The van der Waals surface area contributed by atoms with E-state index in [0.29, 0.717) is 25.7 Å². The molecule has 3 aliphatic rings. The summed E-state index contributed by atoms with van der Waals surface area (Å²) >= 11 is 0. The van der Waals surface area contributed by atoms with Crippen LogP contribution in [0.3, 0.4) is 0 Å². The normalized spacial score (nSPS) is 25.5. The summed E-state index contributed by atoms with van der Waals surface area (Å²) in [7, 11) is 0. The molecule has 2 saturated heterocycles. The van der Waals surface area contributed by atoms with Gasteiger partial charge in [0.15, 0.2) is 11.6 Å². The lowest BCUT2D eigenvalue weighted by atomic mass is 10.0. The van der Waals surface area contributed by atoms with Gasteiger partial charge in [-0.3, -0.25) is 14.4 Å². The predicted molar refractivity (Wildman–Crippen MR) is 163 cm³/mol. The van der Waals surface area contributed by atoms with Crippen molar-refractivity contribution < 1.29 is 33.4 Å². The molecule has 7 heteroatoms. The van der Waals surface area contributed by atoms with Crippen LogP contribution in [0.1, 0.15) is 155 Å². The van der Waals surface area contributed by atoms with Gasteiger partial charge in [-0.2, -0.15) is 0 Å². The molecule has 42 heavy (non-hydrogen) atoms. The number of cyclic esters (lactones) is 1. The predicted octanol–water partition coefficient (Wildman–Crippen LogP) is 7.70. The Labute approximate surface area is 253 Å². The van der Waals surface area contributed by atoms with Gasteiger partial charge in [0.25, 0.3) is 0 Å².